The Morgan fingerprint density at radius 2 is 1.60 bits per heavy atom. The van der Waals surface area contributed by atoms with Crippen molar-refractivity contribution in [3.63, 3.8) is 0 Å². The molecule has 1 unspecified atom stereocenters. The van der Waals surface area contributed by atoms with Crippen molar-refractivity contribution in [1.82, 2.24) is 0 Å². The van der Waals surface area contributed by atoms with Crippen molar-refractivity contribution >= 4 is 11.4 Å². The van der Waals surface area contributed by atoms with Crippen LogP contribution in [-0.4, -0.2) is 6.04 Å². The van der Waals surface area contributed by atoms with Gasteiger partial charge in [-0.15, -0.1) is 0 Å². The van der Waals surface area contributed by atoms with Gasteiger partial charge in [0, 0.05) is 11.7 Å². The van der Waals surface area contributed by atoms with Gasteiger partial charge in [0.15, 0.2) is 11.6 Å². The van der Waals surface area contributed by atoms with Gasteiger partial charge in [0.05, 0.1) is 0 Å². The molecule has 0 spiro atoms. The summed E-state index contributed by atoms with van der Waals surface area (Å²) in [7, 11) is 0. The van der Waals surface area contributed by atoms with E-state index in [0.717, 1.165) is 17.7 Å². The molecule has 0 aliphatic heterocycles. The Kier molecular flexibility index (Phi) is 4.17. The third-order valence-corrected chi connectivity index (χ3v) is 2.91. The number of hydrogen-bond donors (Lipinski definition) is 2. The number of halogens is 3. The summed E-state index contributed by atoms with van der Waals surface area (Å²) in [6.07, 6.45) is 0.517. The van der Waals surface area contributed by atoms with Crippen LogP contribution in [0.2, 0.25) is 0 Å². The average molecular weight is 280 g/mol. The molecule has 1 atom stereocenters. The van der Waals surface area contributed by atoms with E-state index in [1.165, 1.54) is 12.1 Å². The van der Waals surface area contributed by atoms with E-state index < -0.39 is 11.6 Å². The van der Waals surface area contributed by atoms with E-state index in [9.17, 15) is 13.2 Å². The first kappa shape index (κ1) is 14.2. The van der Waals surface area contributed by atoms with Crippen LogP contribution in [0.25, 0.3) is 0 Å². The summed E-state index contributed by atoms with van der Waals surface area (Å²) in [4.78, 5) is 0. The Hall–Kier alpha value is -2.17. The normalized spacial score (nSPS) is 12.2. The topological polar surface area (TPSA) is 38.0 Å². The smallest absolute Gasteiger partial charge is 0.151 e. The van der Waals surface area contributed by atoms with Gasteiger partial charge in [0.25, 0.3) is 0 Å². The first-order valence-corrected chi connectivity index (χ1v) is 6.21. The predicted molar refractivity (Wildman–Crippen MR) is 74.0 cm³/mol. The van der Waals surface area contributed by atoms with Crippen molar-refractivity contribution < 1.29 is 13.2 Å². The Morgan fingerprint density at radius 1 is 1.05 bits per heavy atom. The van der Waals surface area contributed by atoms with Crippen molar-refractivity contribution in [3.05, 3.63) is 59.4 Å². The lowest BCUT2D eigenvalue weighted by atomic mass is 10.1. The zero-order valence-electron chi connectivity index (χ0n) is 11.0. The summed E-state index contributed by atoms with van der Waals surface area (Å²) >= 11 is 0. The highest BCUT2D eigenvalue weighted by Crippen LogP contribution is 2.23. The second kappa shape index (κ2) is 5.86. The summed E-state index contributed by atoms with van der Waals surface area (Å²) in [6.45, 7) is 1.79. The fourth-order valence-corrected chi connectivity index (χ4v) is 2.00. The highest BCUT2D eigenvalue weighted by molar-refractivity contribution is 5.54. The zero-order valence-corrected chi connectivity index (χ0v) is 11.0. The molecule has 5 heteroatoms. The first-order valence-electron chi connectivity index (χ1n) is 6.21. The van der Waals surface area contributed by atoms with Crippen LogP contribution in [0.15, 0.2) is 36.4 Å². The van der Waals surface area contributed by atoms with Crippen molar-refractivity contribution in [2.45, 2.75) is 19.4 Å². The van der Waals surface area contributed by atoms with Gasteiger partial charge in [0.1, 0.15) is 11.5 Å². The minimum Gasteiger partial charge on any atom is -0.399 e. The minimum atomic E-state index is -0.728. The SMILES string of the molecule is CC(Cc1ccc(F)cc1)Nc1c(F)cc(N)cc1F. The molecule has 0 aliphatic rings. The molecule has 0 aliphatic carbocycles. The lowest BCUT2D eigenvalue weighted by molar-refractivity contribution is 0.584. The van der Waals surface area contributed by atoms with E-state index in [2.05, 4.69) is 5.32 Å². The van der Waals surface area contributed by atoms with Crippen LogP contribution in [0.3, 0.4) is 0 Å². The molecule has 2 aromatic carbocycles. The number of nitrogens with two attached hydrogens (primary N) is 1. The second-order valence-electron chi connectivity index (χ2n) is 4.74. The Morgan fingerprint density at radius 3 is 2.15 bits per heavy atom. The van der Waals surface area contributed by atoms with Crippen molar-refractivity contribution in [2.24, 2.45) is 0 Å². The quantitative estimate of drug-likeness (QED) is 0.837. The van der Waals surface area contributed by atoms with E-state index >= 15 is 0 Å². The van der Waals surface area contributed by atoms with Crippen LogP contribution < -0.4 is 11.1 Å². The van der Waals surface area contributed by atoms with Gasteiger partial charge in [-0.1, -0.05) is 12.1 Å². The molecule has 0 radical (unpaired) electrons. The van der Waals surface area contributed by atoms with Gasteiger partial charge in [-0.2, -0.15) is 0 Å². The van der Waals surface area contributed by atoms with Crippen molar-refractivity contribution in [2.75, 3.05) is 11.1 Å². The van der Waals surface area contributed by atoms with Gasteiger partial charge in [-0.25, -0.2) is 13.2 Å². The van der Waals surface area contributed by atoms with E-state index in [1.807, 2.05) is 0 Å². The molecule has 2 nitrogen and oxygen atoms in total. The predicted octanol–water partition coefficient (Wildman–Crippen LogP) is 3.73. The number of benzene rings is 2. The van der Waals surface area contributed by atoms with E-state index in [4.69, 9.17) is 5.73 Å². The van der Waals surface area contributed by atoms with E-state index in [1.54, 1.807) is 19.1 Å². The van der Waals surface area contributed by atoms with Crippen molar-refractivity contribution in [3.8, 4) is 0 Å². The minimum absolute atomic E-state index is 0.0386. The molecule has 2 aromatic rings. The third kappa shape index (κ3) is 3.44. The van der Waals surface area contributed by atoms with Crippen LogP contribution in [-0.2, 0) is 6.42 Å². The first-order chi connectivity index (χ1) is 9.45. The summed E-state index contributed by atoms with van der Waals surface area (Å²) in [6, 6.07) is 7.91. The second-order valence-corrected chi connectivity index (χ2v) is 4.74. The lowest BCUT2D eigenvalue weighted by Gasteiger charge is -2.17. The number of rotatable bonds is 4. The summed E-state index contributed by atoms with van der Waals surface area (Å²) in [5.74, 6) is -1.77. The van der Waals surface area contributed by atoms with Gasteiger partial charge >= 0.3 is 0 Å². The lowest BCUT2D eigenvalue weighted by Crippen LogP contribution is -2.20. The molecule has 0 saturated heterocycles. The average Bonchev–Trinajstić information content (AvgIpc) is 2.36. The molecule has 20 heavy (non-hydrogen) atoms. The van der Waals surface area contributed by atoms with Gasteiger partial charge < -0.3 is 11.1 Å². The molecular weight excluding hydrogens is 265 g/mol. The van der Waals surface area contributed by atoms with Gasteiger partial charge in [-0.3, -0.25) is 0 Å². The molecule has 2 rings (SSSR count). The molecule has 0 amide bonds. The fraction of sp³-hybridized carbons (Fsp3) is 0.200. The van der Waals surface area contributed by atoms with Gasteiger partial charge in [0.2, 0.25) is 0 Å². The molecule has 0 fully saturated rings. The monoisotopic (exact) mass is 280 g/mol. The number of anilines is 2. The summed E-state index contributed by atoms with van der Waals surface area (Å²) < 4.78 is 40.1. The standard InChI is InChI=1S/C15H15F3N2/c1-9(6-10-2-4-11(16)5-3-10)20-15-13(17)7-12(19)8-14(15)18/h2-5,7-9,20H,6,19H2,1H3. The van der Waals surface area contributed by atoms with E-state index in [0.29, 0.717) is 6.42 Å². The van der Waals surface area contributed by atoms with E-state index in [-0.39, 0.29) is 23.2 Å². The summed E-state index contributed by atoms with van der Waals surface area (Å²) in [5.41, 5.74) is 6.07. The fourth-order valence-electron chi connectivity index (χ4n) is 2.00. The molecule has 0 aromatic heterocycles. The molecule has 106 valence electrons. The summed E-state index contributed by atoms with van der Waals surface area (Å²) in [5, 5.41) is 2.77. The van der Waals surface area contributed by atoms with Crippen LogP contribution in [0.4, 0.5) is 24.5 Å². The Balaban J connectivity index is 2.08. The maximum absolute atomic E-state index is 13.6. The van der Waals surface area contributed by atoms with Crippen molar-refractivity contribution in [1.29, 1.82) is 0 Å². The van der Waals surface area contributed by atoms with Crippen LogP contribution in [0, 0.1) is 17.5 Å². The maximum atomic E-state index is 13.6. The van der Waals surface area contributed by atoms with Crippen LogP contribution in [0.5, 0.6) is 0 Å². The molecule has 3 N–H and O–H groups in total. The highest BCUT2D eigenvalue weighted by atomic mass is 19.1. The molecular formula is C15H15F3N2. The largest absolute Gasteiger partial charge is 0.399 e. The zero-order chi connectivity index (χ0) is 14.7. The Labute approximate surface area is 115 Å². The molecule has 0 heterocycles. The molecule has 0 saturated carbocycles. The highest BCUT2D eigenvalue weighted by Gasteiger charge is 2.13. The third-order valence-electron chi connectivity index (χ3n) is 2.91. The number of nitrogen functional groups attached to an aromatic ring is 1. The maximum Gasteiger partial charge on any atom is 0.151 e. The van der Waals surface area contributed by atoms with Gasteiger partial charge in [-0.05, 0) is 43.2 Å². The van der Waals surface area contributed by atoms with Crippen LogP contribution >= 0.6 is 0 Å². The number of nitrogens with one attached hydrogen (secondary N) is 1. The Bertz CT molecular complexity index is 574. The number of hydrogen-bond acceptors (Lipinski definition) is 2. The van der Waals surface area contributed by atoms with Crippen LogP contribution in [0.1, 0.15) is 12.5 Å². The molecule has 0 bridgehead atoms.